The number of benzene rings is 1. The molecular formula is C18H28N2O3. The molecule has 1 aromatic rings. The predicted octanol–water partition coefficient (Wildman–Crippen LogP) is 1.90. The van der Waals surface area contributed by atoms with Crippen LogP contribution in [0.25, 0.3) is 0 Å². The molecule has 3 rings (SSSR count). The molecule has 0 aromatic heterocycles. The molecule has 1 atom stereocenters. The first-order chi connectivity index (χ1) is 11.3. The molecule has 2 saturated heterocycles. The lowest BCUT2D eigenvalue weighted by Gasteiger charge is -2.36. The minimum atomic E-state index is 0.166. The number of piperidine rings is 1. The Morgan fingerprint density at radius 2 is 2.13 bits per heavy atom. The zero-order chi connectivity index (χ0) is 16.1. The van der Waals surface area contributed by atoms with Crippen LogP contribution in [0.5, 0.6) is 5.75 Å². The van der Waals surface area contributed by atoms with Crippen LogP contribution in [0, 0.1) is 0 Å². The summed E-state index contributed by atoms with van der Waals surface area (Å²) in [6.45, 7) is 4.25. The van der Waals surface area contributed by atoms with Gasteiger partial charge in [0.1, 0.15) is 5.75 Å². The third-order valence-corrected chi connectivity index (χ3v) is 4.98. The van der Waals surface area contributed by atoms with E-state index in [9.17, 15) is 0 Å². The first-order valence-corrected chi connectivity index (χ1v) is 8.66. The first kappa shape index (κ1) is 16.6. The summed E-state index contributed by atoms with van der Waals surface area (Å²) in [4.78, 5) is 2.58. The molecule has 2 N–H and O–H groups in total. The number of methoxy groups -OCH3 is 1. The number of nitrogens with one attached hydrogen (secondary N) is 1. The highest BCUT2D eigenvalue weighted by Crippen LogP contribution is 2.29. The summed E-state index contributed by atoms with van der Waals surface area (Å²) in [7, 11) is 1.70. The van der Waals surface area contributed by atoms with Gasteiger partial charge in [0, 0.05) is 38.4 Å². The van der Waals surface area contributed by atoms with Gasteiger partial charge in [-0.1, -0.05) is 6.07 Å². The quantitative estimate of drug-likeness (QED) is 0.838. The van der Waals surface area contributed by atoms with Gasteiger partial charge in [0.2, 0.25) is 0 Å². The second-order valence-electron chi connectivity index (χ2n) is 6.48. The van der Waals surface area contributed by atoms with E-state index in [4.69, 9.17) is 14.6 Å². The predicted molar refractivity (Wildman–Crippen MR) is 91.2 cm³/mol. The van der Waals surface area contributed by atoms with Crippen LogP contribution >= 0.6 is 0 Å². The van der Waals surface area contributed by atoms with Crippen LogP contribution < -0.4 is 10.1 Å². The van der Waals surface area contributed by atoms with Crippen molar-refractivity contribution in [2.45, 2.75) is 37.8 Å². The highest BCUT2D eigenvalue weighted by molar-refractivity contribution is 5.58. The molecule has 0 saturated carbocycles. The molecule has 0 amide bonds. The van der Waals surface area contributed by atoms with Crippen molar-refractivity contribution in [2.75, 3.05) is 45.3 Å². The van der Waals surface area contributed by atoms with Crippen LogP contribution in [0.4, 0.5) is 5.69 Å². The average molecular weight is 320 g/mol. The SMILES string of the molecule is COc1cc(CCO)ccc1NC1CCN(C2CCOC2)CC1. The van der Waals surface area contributed by atoms with E-state index < -0.39 is 0 Å². The number of rotatable bonds is 6. The summed E-state index contributed by atoms with van der Waals surface area (Å²) in [6, 6.07) is 7.27. The van der Waals surface area contributed by atoms with Crippen molar-refractivity contribution >= 4 is 5.69 Å². The van der Waals surface area contributed by atoms with Crippen LogP contribution in [0.15, 0.2) is 18.2 Å². The number of aliphatic hydroxyl groups is 1. The van der Waals surface area contributed by atoms with E-state index in [0.717, 1.165) is 56.1 Å². The number of likely N-dealkylation sites (tertiary alicyclic amines) is 1. The number of anilines is 1. The van der Waals surface area contributed by atoms with Gasteiger partial charge in [-0.25, -0.2) is 0 Å². The largest absolute Gasteiger partial charge is 0.495 e. The standard InChI is InChI=1S/C18H28N2O3/c1-22-18-12-14(6-10-21)2-3-17(18)19-15-4-8-20(9-5-15)16-7-11-23-13-16/h2-3,12,15-16,19,21H,4-11,13H2,1H3. The number of nitrogens with zero attached hydrogens (tertiary/aromatic N) is 1. The third kappa shape index (κ3) is 4.16. The summed E-state index contributed by atoms with van der Waals surface area (Å²) in [5, 5.41) is 12.7. The highest BCUT2D eigenvalue weighted by atomic mass is 16.5. The fourth-order valence-corrected chi connectivity index (χ4v) is 3.58. The Morgan fingerprint density at radius 1 is 1.30 bits per heavy atom. The lowest BCUT2D eigenvalue weighted by molar-refractivity contribution is 0.124. The molecule has 23 heavy (non-hydrogen) atoms. The maximum Gasteiger partial charge on any atom is 0.142 e. The lowest BCUT2D eigenvalue weighted by atomic mass is 10.0. The fourth-order valence-electron chi connectivity index (χ4n) is 3.58. The maximum atomic E-state index is 9.06. The van der Waals surface area contributed by atoms with E-state index in [1.165, 1.54) is 6.42 Å². The maximum absolute atomic E-state index is 9.06. The molecule has 2 fully saturated rings. The second-order valence-corrected chi connectivity index (χ2v) is 6.48. The third-order valence-electron chi connectivity index (χ3n) is 4.98. The lowest BCUT2D eigenvalue weighted by Crippen LogP contribution is -2.44. The normalized spacial score (nSPS) is 23.1. The Kier molecular flexibility index (Phi) is 5.75. The molecule has 2 aliphatic rings. The Balaban J connectivity index is 1.55. The number of ether oxygens (including phenoxy) is 2. The van der Waals surface area contributed by atoms with E-state index in [1.54, 1.807) is 7.11 Å². The van der Waals surface area contributed by atoms with Gasteiger partial charge >= 0.3 is 0 Å². The number of hydrogen-bond donors (Lipinski definition) is 2. The van der Waals surface area contributed by atoms with Gasteiger partial charge in [0.05, 0.1) is 19.4 Å². The van der Waals surface area contributed by atoms with E-state index in [2.05, 4.69) is 22.3 Å². The topological polar surface area (TPSA) is 54.0 Å². The molecule has 5 nitrogen and oxygen atoms in total. The van der Waals surface area contributed by atoms with Crippen LogP contribution in [0.3, 0.4) is 0 Å². The number of aliphatic hydroxyl groups excluding tert-OH is 1. The van der Waals surface area contributed by atoms with E-state index in [0.29, 0.717) is 18.5 Å². The summed E-state index contributed by atoms with van der Waals surface area (Å²) in [5.74, 6) is 0.863. The molecule has 0 spiro atoms. The molecule has 0 aliphatic carbocycles. The van der Waals surface area contributed by atoms with Crippen molar-refractivity contribution in [3.05, 3.63) is 23.8 Å². The van der Waals surface area contributed by atoms with Crippen LogP contribution in [0.2, 0.25) is 0 Å². The van der Waals surface area contributed by atoms with Crippen molar-refractivity contribution in [1.29, 1.82) is 0 Å². The van der Waals surface area contributed by atoms with Gasteiger partial charge in [0.15, 0.2) is 0 Å². The minimum Gasteiger partial charge on any atom is -0.495 e. The molecule has 1 aromatic carbocycles. The Morgan fingerprint density at radius 3 is 2.78 bits per heavy atom. The van der Waals surface area contributed by atoms with Gasteiger partial charge in [-0.05, 0) is 43.4 Å². The van der Waals surface area contributed by atoms with Crippen molar-refractivity contribution in [1.82, 2.24) is 4.90 Å². The van der Waals surface area contributed by atoms with Gasteiger partial charge in [-0.15, -0.1) is 0 Å². The molecule has 0 bridgehead atoms. The van der Waals surface area contributed by atoms with Crippen molar-refractivity contribution < 1.29 is 14.6 Å². The van der Waals surface area contributed by atoms with Gasteiger partial charge < -0.3 is 19.9 Å². The van der Waals surface area contributed by atoms with E-state index >= 15 is 0 Å². The summed E-state index contributed by atoms with van der Waals surface area (Å²) >= 11 is 0. The highest BCUT2D eigenvalue weighted by Gasteiger charge is 2.27. The van der Waals surface area contributed by atoms with Gasteiger partial charge in [-0.3, -0.25) is 4.90 Å². The molecule has 2 aliphatic heterocycles. The first-order valence-electron chi connectivity index (χ1n) is 8.66. The summed E-state index contributed by atoms with van der Waals surface area (Å²) in [6.07, 6.45) is 4.15. The van der Waals surface area contributed by atoms with E-state index in [1.807, 2.05) is 6.07 Å². The van der Waals surface area contributed by atoms with Crippen LogP contribution in [-0.2, 0) is 11.2 Å². The van der Waals surface area contributed by atoms with Gasteiger partial charge in [0.25, 0.3) is 0 Å². The van der Waals surface area contributed by atoms with Crippen LogP contribution in [-0.4, -0.2) is 62.1 Å². The molecule has 0 radical (unpaired) electrons. The van der Waals surface area contributed by atoms with Crippen molar-refractivity contribution in [3.63, 3.8) is 0 Å². The molecule has 128 valence electrons. The molecule has 5 heteroatoms. The van der Waals surface area contributed by atoms with Crippen molar-refractivity contribution in [3.8, 4) is 5.75 Å². The molecule has 2 heterocycles. The second kappa shape index (κ2) is 7.99. The zero-order valence-electron chi connectivity index (χ0n) is 14.0. The number of hydrogen-bond acceptors (Lipinski definition) is 5. The van der Waals surface area contributed by atoms with Crippen molar-refractivity contribution in [2.24, 2.45) is 0 Å². The van der Waals surface area contributed by atoms with Gasteiger partial charge in [-0.2, -0.15) is 0 Å². The molecule has 1 unspecified atom stereocenters. The molecular weight excluding hydrogens is 292 g/mol. The summed E-state index contributed by atoms with van der Waals surface area (Å²) < 4.78 is 11.0. The van der Waals surface area contributed by atoms with Crippen LogP contribution in [0.1, 0.15) is 24.8 Å². The van der Waals surface area contributed by atoms with E-state index in [-0.39, 0.29) is 6.61 Å². The Bertz CT molecular complexity index is 495. The zero-order valence-corrected chi connectivity index (χ0v) is 14.0. The minimum absolute atomic E-state index is 0.166. The monoisotopic (exact) mass is 320 g/mol. The average Bonchev–Trinajstić information content (AvgIpc) is 3.12. The smallest absolute Gasteiger partial charge is 0.142 e. The summed E-state index contributed by atoms with van der Waals surface area (Å²) in [5.41, 5.74) is 2.16. The fraction of sp³-hybridized carbons (Fsp3) is 0.667. The Hall–Kier alpha value is -1.30. The Labute approximate surface area is 138 Å².